The molecule has 102 valence electrons. The van der Waals surface area contributed by atoms with Crippen molar-refractivity contribution >= 4 is 16.9 Å². The van der Waals surface area contributed by atoms with Crippen LogP contribution in [0.2, 0.25) is 0 Å². The number of fused-ring (bicyclic) bond motifs is 2. The summed E-state index contributed by atoms with van der Waals surface area (Å²) in [6, 6.07) is 15.1. The predicted molar refractivity (Wildman–Crippen MR) is 77.9 cm³/mol. The van der Waals surface area contributed by atoms with Gasteiger partial charge in [0.1, 0.15) is 0 Å². The van der Waals surface area contributed by atoms with Gasteiger partial charge in [-0.15, -0.1) is 0 Å². The summed E-state index contributed by atoms with van der Waals surface area (Å²) in [5, 5.41) is 11.7. The first-order valence-corrected chi connectivity index (χ1v) is 7.16. The highest BCUT2D eigenvalue weighted by Gasteiger charge is 2.58. The lowest BCUT2D eigenvalue weighted by atomic mass is 9.86. The van der Waals surface area contributed by atoms with Crippen LogP contribution in [0.3, 0.4) is 0 Å². The van der Waals surface area contributed by atoms with E-state index in [9.17, 15) is 4.79 Å². The number of piperidine rings is 1. The number of amides is 1. The molecule has 1 heterocycles. The van der Waals surface area contributed by atoms with E-state index in [1.165, 1.54) is 16.3 Å². The van der Waals surface area contributed by atoms with Crippen LogP contribution in [-0.2, 0) is 5.41 Å². The van der Waals surface area contributed by atoms with Crippen LogP contribution in [0.5, 0.6) is 0 Å². The molecule has 0 spiro atoms. The molecule has 3 nitrogen and oxygen atoms in total. The zero-order valence-electron chi connectivity index (χ0n) is 11.2. The molecule has 2 atom stereocenters. The van der Waals surface area contributed by atoms with Gasteiger partial charge in [-0.3, -0.25) is 0 Å². The minimum Gasteiger partial charge on any atom is -0.465 e. The fraction of sp³-hybridized carbons (Fsp3) is 0.353. The molecule has 2 unspecified atom stereocenters. The molecule has 2 fully saturated rings. The second kappa shape index (κ2) is 3.98. The normalized spacial score (nSPS) is 28.2. The van der Waals surface area contributed by atoms with Gasteiger partial charge in [0.2, 0.25) is 0 Å². The summed E-state index contributed by atoms with van der Waals surface area (Å²) < 4.78 is 0. The summed E-state index contributed by atoms with van der Waals surface area (Å²) in [5.74, 6) is 0.508. The lowest BCUT2D eigenvalue weighted by Crippen LogP contribution is -2.39. The summed E-state index contributed by atoms with van der Waals surface area (Å²) in [4.78, 5) is 12.6. The van der Waals surface area contributed by atoms with Gasteiger partial charge in [-0.25, -0.2) is 4.79 Å². The Morgan fingerprint density at radius 1 is 1.20 bits per heavy atom. The van der Waals surface area contributed by atoms with E-state index in [2.05, 4.69) is 42.5 Å². The van der Waals surface area contributed by atoms with Gasteiger partial charge < -0.3 is 10.0 Å². The van der Waals surface area contributed by atoms with Crippen LogP contribution < -0.4 is 0 Å². The highest BCUT2D eigenvalue weighted by Crippen LogP contribution is 2.59. The number of hydrogen-bond acceptors (Lipinski definition) is 1. The Morgan fingerprint density at radius 2 is 2.00 bits per heavy atom. The van der Waals surface area contributed by atoms with E-state index in [1.807, 2.05) is 0 Å². The van der Waals surface area contributed by atoms with Crippen molar-refractivity contribution < 1.29 is 9.90 Å². The average Bonchev–Trinajstić information content (AvgIpc) is 3.21. The fourth-order valence-electron chi connectivity index (χ4n) is 3.79. The summed E-state index contributed by atoms with van der Waals surface area (Å²) in [5.41, 5.74) is 1.64. The summed E-state index contributed by atoms with van der Waals surface area (Å²) in [6.07, 6.45) is 1.32. The zero-order valence-corrected chi connectivity index (χ0v) is 11.2. The molecule has 2 aromatic carbocycles. The monoisotopic (exact) mass is 267 g/mol. The number of carbonyl (C=O) groups is 1. The molecule has 1 saturated carbocycles. The smallest absolute Gasteiger partial charge is 0.407 e. The first-order valence-electron chi connectivity index (χ1n) is 7.16. The first kappa shape index (κ1) is 11.8. The molecular weight excluding hydrogens is 250 g/mol. The first-order chi connectivity index (χ1) is 9.69. The topological polar surface area (TPSA) is 40.5 Å². The Labute approximate surface area is 117 Å². The second-order valence-corrected chi connectivity index (χ2v) is 6.10. The maximum absolute atomic E-state index is 11.1. The van der Waals surface area contributed by atoms with Gasteiger partial charge in [0.25, 0.3) is 0 Å². The quantitative estimate of drug-likeness (QED) is 0.859. The van der Waals surface area contributed by atoms with E-state index in [1.54, 1.807) is 4.90 Å². The Hall–Kier alpha value is -2.03. The minimum absolute atomic E-state index is 0.246. The van der Waals surface area contributed by atoms with Crippen molar-refractivity contribution in [2.45, 2.75) is 18.3 Å². The molecular formula is C17H17NO2. The molecule has 2 aromatic rings. The highest BCUT2D eigenvalue weighted by molar-refractivity contribution is 5.83. The summed E-state index contributed by atoms with van der Waals surface area (Å²) >= 11 is 0. The van der Waals surface area contributed by atoms with Crippen molar-refractivity contribution in [1.82, 2.24) is 4.90 Å². The van der Waals surface area contributed by atoms with Crippen LogP contribution in [0.4, 0.5) is 4.79 Å². The molecule has 1 N–H and O–H groups in total. The van der Waals surface area contributed by atoms with Gasteiger partial charge in [-0.05, 0) is 35.1 Å². The van der Waals surface area contributed by atoms with E-state index >= 15 is 0 Å². The van der Waals surface area contributed by atoms with Crippen molar-refractivity contribution in [2.24, 2.45) is 5.92 Å². The van der Waals surface area contributed by atoms with Gasteiger partial charge in [-0.2, -0.15) is 0 Å². The van der Waals surface area contributed by atoms with E-state index < -0.39 is 6.09 Å². The van der Waals surface area contributed by atoms with Crippen LogP contribution in [0.1, 0.15) is 18.4 Å². The standard InChI is InChI=1S/C17H17NO2/c19-16(20)18-8-7-17(10-15(17)11-18)14-6-5-12-3-1-2-4-13(12)9-14/h1-6,9,15H,7-8,10-11H2,(H,19,20). The van der Waals surface area contributed by atoms with Crippen molar-refractivity contribution in [3.8, 4) is 0 Å². The lowest BCUT2D eigenvalue weighted by molar-refractivity contribution is 0.130. The molecule has 2 aliphatic rings. The zero-order chi connectivity index (χ0) is 13.7. The van der Waals surface area contributed by atoms with Crippen LogP contribution in [0.25, 0.3) is 10.8 Å². The Balaban J connectivity index is 1.66. The van der Waals surface area contributed by atoms with Crippen molar-refractivity contribution in [3.05, 3.63) is 48.0 Å². The van der Waals surface area contributed by atoms with E-state index in [0.29, 0.717) is 19.0 Å². The maximum atomic E-state index is 11.1. The molecule has 4 rings (SSSR count). The number of hydrogen-bond donors (Lipinski definition) is 1. The molecule has 3 heteroatoms. The SMILES string of the molecule is O=C(O)N1CCC2(c3ccc4ccccc4c3)CC2C1. The molecule has 0 radical (unpaired) electrons. The number of likely N-dealkylation sites (tertiary alicyclic amines) is 1. The van der Waals surface area contributed by atoms with Gasteiger partial charge in [0.05, 0.1) is 0 Å². The van der Waals surface area contributed by atoms with Crippen LogP contribution in [0.15, 0.2) is 42.5 Å². The lowest BCUT2D eigenvalue weighted by Gasteiger charge is -2.30. The van der Waals surface area contributed by atoms with Crippen LogP contribution in [0, 0.1) is 5.92 Å². The number of nitrogens with zero attached hydrogens (tertiary/aromatic N) is 1. The molecule has 0 bridgehead atoms. The molecule has 1 aliphatic heterocycles. The summed E-state index contributed by atoms with van der Waals surface area (Å²) in [7, 11) is 0. The number of rotatable bonds is 1. The Bertz CT molecular complexity index is 696. The molecule has 20 heavy (non-hydrogen) atoms. The Kier molecular flexibility index (Phi) is 2.34. The van der Waals surface area contributed by atoms with Crippen LogP contribution >= 0.6 is 0 Å². The van der Waals surface area contributed by atoms with Gasteiger partial charge in [0, 0.05) is 18.5 Å². The molecule has 1 aliphatic carbocycles. The molecule has 0 aromatic heterocycles. The molecule has 1 amide bonds. The molecule has 1 saturated heterocycles. The third kappa shape index (κ3) is 1.62. The third-order valence-corrected chi connectivity index (χ3v) is 5.10. The van der Waals surface area contributed by atoms with Gasteiger partial charge in [-0.1, -0.05) is 42.5 Å². The van der Waals surface area contributed by atoms with E-state index in [0.717, 1.165) is 12.8 Å². The van der Waals surface area contributed by atoms with E-state index in [-0.39, 0.29) is 5.41 Å². The van der Waals surface area contributed by atoms with Crippen molar-refractivity contribution in [3.63, 3.8) is 0 Å². The minimum atomic E-state index is -0.774. The van der Waals surface area contributed by atoms with E-state index in [4.69, 9.17) is 5.11 Å². The maximum Gasteiger partial charge on any atom is 0.407 e. The average molecular weight is 267 g/mol. The van der Waals surface area contributed by atoms with Gasteiger partial charge in [0.15, 0.2) is 0 Å². The summed E-state index contributed by atoms with van der Waals surface area (Å²) in [6.45, 7) is 1.36. The van der Waals surface area contributed by atoms with Crippen molar-refractivity contribution in [2.75, 3.05) is 13.1 Å². The largest absolute Gasteiger partial charge is 0.465 e. The third-order valence-electron chi connectivity index (χ3n) is 5.10. The van der Waals surface area contributed by atoms with Crippen molar-refractivity contribution in [1.29, 1.82) is 0 Å². The van der Waals surface area contributed by atoms with Gasteiger partial charge >= 0.3 is 6.09 Å². The van der Waals surface area contributed by atoms with Crippen LogP contribution in [-0.4, -0.2) is 29.2 Å². The predicted octanol–water partition coefficient (Wildman–Crippen LogP) is 3.48. The Morgan fingerprint density at radius 3 is 2.75 bits per heavy atom. The number of carboxylic acid groups (broad SMARTS) is 1. The fourth-order valence-corrected chi connectivity index (χ4v) is 3.79. The highest BCUT2D eigenvalue weighted by atomic mass is 16.4. The number of benzene rings is 2. The second-order valence-electron chi connectivity index (χ2n) is 6.10.